The van der Waals surface area contributed by atoms with Crippen molar-refractivity contribution < 1.29 is 9.18 Å². The van der Waals surface area contributed by atoms with Crippen molar-refractivity contribution in [3.63, 3.8) is 0 Å². The number of piperazine rings is 1. The third-order valence-electron chi connectivity index (χ3n) is 6.40. The van der Waals surface area contributed by atoms with Crippen LogP contribution in [-0.4, -0.2) is 49.0 Å². The van der Waals surface area contributed by atoms with E-state index in [1.165, 1.54) is 6.07 Å². The third kappa shape index (κ3) is 4.38. The van der Waals surface area contributed by atoms with Crippen LogP contribution < -0.4 is 9.80 Å². The molecular weight excluding hydrogens is 451 g/mol. The van der Waals surface area contributed by atoms with Crippen molar-refractivity contribution in [3.8, 4) is 0 Å². The van der Waals surface area contributed by atoms with Gasteiger partial charge in [0.2, 0.25) is 5.96 Å². The quantitative estimate of drug-likeness (QED) is 0.536. The fourth-order valence-electron chi connectivity index (χ4n) is 4.65. The van der Waals surface area contributed by atoms with Crippen LogP contribution in [0.3, 0.4) is 0 Å². The number of nitrogens with zero attached hydrogens (tertiary/aromatic N) is 4. The second-order valence-electron chi connectivity index (χ2n) is 8.66. The van der Waals surface area contributed by atoms with Gasteiger partial charge in [-0.15, -0.1) is 0 Å². The van der Waals surface area contributed by atoms with Gasteiger partial charge in [-0.3, -0.25) is 4.79 Å². The summed E-state index contributed by atoms with van der Waals surface area (Å²) in [7, 11) is 0. The highest BCUT2D eigenvalue weighted by Gasteiger charge is 2.39. The maximum Gasteiger partial charge on any atom is 0.259 e. The number of hydrogen-bond acceptors (Lipinski definition) is 4. The van der Waals surface area contributed by atoms with Crippen molar-refractivity contribution in [2.45, 2.75) is 19.4 Å². The molecule has 0 spiro atoms. The fraction of sp³-hybridized carbons (Fsp3) is 0.259. The molecule has 5 rings (SSSR count). The molecule has 0 radical (unpaired) electrons. The van der Waals surface area contributed by atoms with Crippen LogP contribution in [0.4, 0.5) is 15.8 Å². The Labute approximate surface area is 204 Å². The zero-order chi connectivity index (χ0) is 23.7. The second-order valence-corrected chi connectivity index (χ2v) is 9.10. The van der Waals surface area contributed by atoms with E-state index in [-0.39, 0.29) is 11.7 Å². The molecule has 2 heterocycles. The van der Waals surface area contributed by atoms with E-state index in [2.05, 4.69) is 4.90 Å². The minimum Gasteiger partial charge on any atom is -0.366 e. The first kappa shape index (κ1) is 22.4. The number of hydrogen-bond donors (Lipinski definition) is 0. The van der Waals surface area contributed by atoms with Gasteiger partial charge < -0.3 is 9.80 Å². The Bertz CT molecular complexity index is 1220. The Morgan fingerprint density at radius 3 is 2.29 bits per heavy atom. The molecule has 1 unspecified atom stereocenters. The highest BCUT2D eigenvalue weighted by Crippen LogP contribution is 2.30. The first-order valence-electron chi connectivity index (χ1n) is 11.5. The van der Waals surface area contributed by atoms with Gasteiger partial charge in [-0.25, -0.2) is 14.3 Å². The summed E-state index contributed by atoms with van der Waals surface area (Å²) in [5, 5.41) is 0.630. The van der Waals surface area contributed by atoms with Crippen molar-refractivity contribution in [2.24, 2.45) is 4.99 Å². The number of para-hydroxylation sites is 1. The number of halogens is 2. The maximum atomic E-state index is 14.3. The third-order valence-corrected chi connectivity index (χ3v) is 6.64. The number of carbonyl (C=O) groups excluding carboxylic acids is 1. The summed E-state index contributed by atoms with van der Waals surface area (Å²) < 4.78 is 14.3. The Balaban J connectivity index is 1.42. The topological polar surface area (TPSA) is 39.2 Å². The van der Waals surface area contributed by atoms with Crippen LogP contribution in [-0.2, 0) is 11.2 Å². The Kier molecular flexibility index (Phi) is 6.24. The number of anilines is 2. The van der Waals surface area contributed by atoms with Crippen molar-refractivity contribution in [1.29, 1.82) is 0 Å². The number of carbonyl (C=O) groups is 1. The van der Waals surface area contributed by atoms with Crippen molar-refractivity contribution in [1.82, 2.24) is 4.90 Å². The van der Waals surface area contributed by atoms with Gasteiger partial charge in [-0.05, 0) is 48.4 Å². The van der Waals surface area contributed by atoms with Gasteiger partial charge in [0.05, 0.1) is 11.4 Å². The van der Waals surface area contributed by atoms with E-state index < -0.39 is 6.04 Å². The van der Waals surface area contributed by atoms with E-state index in [4.69, 9.17) is 16.6 Å². The van der Waals surface area contributed by atoms with Gasteiger partial charge in [-0.2, -0.15) is 0 Å². The molecule has 0 N–H and O–H groups in total. The standard InChI is InChI=1S/C27H26ClFN4O/c1-19-17-21(28)11-12-24(19)33-26(34)23(18-20-7-3-2-4-8-20)30-27(33)32-15-13-31(14-16-32)25-10-6-5-9-22(25)29/h2-12,17,23H,13-16,18H2,1H3. The minimum absolute atomic E-state index is 0.0409. The number of benzene rings is 3. The van der Waals surface area contributed by atoms with Gasteiger partial charge >= 0.3 is 0 Å². The predicted octanol–water partition coefficient (Wildman–Crippen LogP) is 4.92. The zero-order valence-corrected chi connectivity index (χ0v) is 19.8. The molecule has 0 bridgehead atoms. The normalized spacial score (nSPS) is 18.4. The van der Waals surface area contributed by atoms with Crippen LogP contribution in [0.1, 0.15) is 11.1 Å². The van der Waals surface area contributed by atoms with E-state index >= 15 is 0 Å². The number of aliphatic imine (C=N–C) groups is 1. The number of amides is 1. The summed E-state index contributed by atoms with van der Waals surface area (Å²) in [4.78, 5) is 24.5. The zero-order valence-electron chi connectivity index (χ0n) is 19.0. The number of aryl methyl sites for hydroxylation is 1. The van der Waals surface area contributed by atoms with Crippen LogP contribution >= 0.6 is 11.6 Å². The van der Waals surface area contributed by atoms with E-state index in [9.17, 15) is 9.18 Å². The lowest BCUT2D eigenvalue weighted by atomic mass is 10.1. The van der Waals surface area contributed by atoms with E-state index in [1.54, 1.807) is 23.1 Å². The molecule has 0 saturated carbocycles. The van der Waals surface area contributed by atoms with Crippen molar-refractivity contribution in [2.75, 3.05) is 36.0 Å². The molecule has 1 fully saturated rings. The molecule has 0 aromatic heterocycles. The first-order valence-corrected chi connectivity index (χ1v) is 11.9. The Hall–Kier alpha value is -3.38. The van der Waals surface area contributed by atoms with Crippen molar-refractivity contribution >= 4 is 34.8 Å². The lowest BCUT2D eigenvalue weighted by Crippen LogP contribution is -2.53. The summed E-state index contributed by atoms with van der Waals surface area (Å²) in [6.07, 6.45) is 0.543. The average molecular weight is 477 g/mol. The van der Waals surface area contributed by atoms with Crippen LogP contribution in [0, 0.1) is 12.7 Å². The second kappa shape index (κ2) is 9.47. The lowest BCUT2D eigenvalue weighted by molar-refractivity contribution is -0.118. The number of guanidine groups is 1. The highest BCUT2D eigenvalue weighted by atomic mass is 35.5. The lowest BCUT2D eigenvalue weighted by Gasteiger charge is -2.39. The molecule has 0 aliphatic carbocycles. The highest BCUT2D eigenvalue weighted by molar-refractivity contribution is 6.31. The van der Waals surface area contributed by atoms with E-state index in [1.807, 2.05) is 60.4 Å². The summed E-state index contributed by atoms with van der Waals surface area (Å²) >= 11 is 6.19. The smallest absolute Gasteiger partial charge is 0.259 e. The molecule has 1 atom stereocenters. The molecule has 1 amide bonds. The van der Waals surface area contributed by atoms with Gasteiger partial charge in [0.1, 0.15) is 11.9 Å². The molecule has 1 saturated heterocycles. The summed E-state index contributed by atoms with van der Waals surface area (Å²) in [5.41, 5.74) is 3.39. The van der Waals surface area contributed by atoms with Gasteiger partial charge in [0.25, 0.3) is 5.91 Å². The largest absolute Gasteiger partial charge is 0.366 e. The van der Waals surface area contributed by atoms with Gasteiger partial charge in [-0.1, -0.05) is 54.1 Å². The molecule has 34 heavy (non-hydrogen) atoms. The van der Waals surface area contributed by atoms with Gasteiger partial charge in [0, 0.05) is 37.6 Å². The van der Waals surface area contributed by atoms with E-state index in [0.717, 1.165) is 16.8 Å². The molecule has 2 aliphatic heterocycles. The summed E-state index contributed by atoms with van der Waals surface area (Å²) in [6, 6.07) is 21.9. The molecule has 5 nitrogen and oxygen atoms in total. The summed E-state index contributed by atoms with van der Waals surface area (Å²) in [6.45, 7) is 4.52. The van der Waals surface area contributed by atoms with E-state index in [0.29, 0.717) is 49.3 Å². The monoisotopic (exact) mass is 476 g/mol. The van der Waals surface area contributed by atoms with Gasteiger partial charge in [0.15, 0.2) is 0 Å². The van der Waals surface area contributed by atoms with Crippen LogP contribution in [0.15, 0.2) is 77.8 Å². The predicted molar refractivity (Wildman–Crippen MR) is 135 cm³/mol. The van der Waals surface area contributed by atoms with Crippen LogP contribution in [0.25, 0.3) is 0 Å². The molecule has 174 valence electrons. The number of rotatable bonds is 4. The molecular formula is C27H26ClFN4O. The molecule has 3 aromatic carbocycles. The minimum atomic E-state index is -0.489. The summed E-state index contributed by atoms with van der Waals surface area (Å²) in [5.74, 6) is 0.399. The van der Waals surface area contributed by atoms with Crippen molar-refractivity contribution in [3.05, 3.63) is 94.8 Å². The molecule has 2 aliphatic rings. The molecule has 7 heteroatoms. The Morgan fingerprint density at radius 1 is 0.912 bits per heavy atom. The van der Waals surface area contributed by atoms with Crippen LogP contribution in [0.5, 0.6) is 0 Å². The average Bonchev–Trinajstić information content (AvgIpc) is 3.16. The molecule has 3 aromatic rings. The Morgan fingerprint density at radius 2 is 1.59 bits per heavy atom. The van der Waals surface area contributed by atoms with Crippen LogP contribution in [0.2, 0.25) is 5.02 Å². The SMILES string of the molecule is Cc1cc(Cl)ccc1N1C(=O)C(Cc2ccccc2)N=C1N1CCN(c2ccccc2F)CC1. The maximum absolute atomic E-state index is 14.3. The fourth-order valence-corrected chi connectivity index (χ4v) is 4.87. The first-order chi connectivity index (χ1) is 16.5.